The SMILES string of the molecule is O=C(Nc1ccc(OC(=O)N2CCC(COn3cccn3)CC2)cc1)c1ccccc1. The van der Waals surface area contributed by atoms with E-state index in [0.29, 0.717) is 42.6 Å². The Morgan fingerprint density at radius 1 is 1.00 bits per heavy atom. The number of hydrogen-bond acceptors (Lipinski definition) is 5. The van der Waals surface area contributed by atoms with E-state index in [1.54, 1.807) is 53.7 Å². The van der Waals surface area contributed by atoms with Gasteiger partial charge < -0.3 is 19.8 Å². The highest BCUT2D eigenvalue weighted by Gasteiger charge is 2.24. The summed E-state index contributed by atoms with van der Waals surface area (Å²) in [5.74, 6) is 0.623. The van der Waals surface area contributed by atoms with Crippen molar-refractivity contribution < 1.29 is 19.2 Å². The van der Waals surface area contributed by atoms with Gasteiger partial charge in [0.15, 0.2) is 0 Å². The molecule has 0 spiro atoms. The highest BCUT2D eigenvalue weighted by molar-refractivity contribution is 6.04. The smallest absolute Gasteiger partial charge is 0.410 e. The number of benzene rings is 2. The molecule has 0 aliphatic carbocycles. The van der Waals surface area contributed by atoms with Gasteiger partial charge in [0.1, 0.15) is 12.4 Å². The molecule has 3 aromatic rings. The fraction of sp³-hybridized carbons (Fsp3) is 0.261. The summed E-state index contributed by atoms with van der Waals surface area (Å²) in [6.07, 6.45) is 4.75. The number of amides is 2. The van der Waals surface area contributed by atoms with Crippen LogP contribution in [0.25, 0.3) is 0 Å². The molecule has 8 heteroatoms. The third-order valence-electron chi connectivity index (χ3n) is 5.15. The second-order valence-corrected chi connectivity index (χ2v) is 7.35. The predicted molar refractivity (Wildman–Crippen MR) is 115 cm³/mol. The second kappa shape index (κ2) is 9.80. The van der Waals surface area contributed by atoms with E-state index < -0.39 is 0 Å². The van der Waals surface area contributed by atoms with Gasteiger partial charge in [0.25, 0.3) is 5.91 Å². The van der Waals surface area contributed by atoms with Crippen molar-refractivity contribution in [1.82, 2.24) is 14.8 Å². The molecule has 8 nitrogen and oxygen atoms in total. The number of anilines is 1. The molecule has 0 radical (unpaired) electrons. The molecule has 0 unspecified atom stereocenters. The van der Waals surface area contributed by atoms with E-state index in [0.717, 1.165) is 12.8 Å². The largest absolute Gasteiger partial charge is 0.415 e. The Kier molecular flexibility index (Phi) is 6.47. The molecule has 160 valence electrons. The van der Waals surface area contributed by atoms with Gasteiger partial charge in [0, 0.05) is 24.3 Å². The molecule has 0 bridgehead atoms. The highest BCUT2D eigenvalue weighted by atomic mass is 16.7. The molecular formula is C23H24N4O4. The molecule has 0 saturated carbocycles. The van der Waals surface area contributed by atoms with Crippen LogP contribution in [0.4, 0.5) is 10.5 Å². The molecule has 1 aliphatic rings. The Labute approximate surface area is 180 Å². The van der Waals surface area contributed by atoms with Gasteiger partial charge >= 0.3 is 6.09 Å². The maximum Gasteiger partial charge on any atom is 0.415 e. The van der Waals surface area contributed by atoms with Crippen molar-refractivity contribution in [2.24, 2.45) is 5.92 Å². The van der Waals surface area contributed by atoms with Crippen LogP contribution in [0.3, 0.4) is 0 Å². The number of piperidine rings is 1. The third kappa shape index (κ3) is 5.63. The predicted octanol–water partition coefficient (Wildman–Crippen LogP) is 3.48. The molecule has 4 rings (SSSR count). The van der Waals surface area contributed by atoms with Crippen LogP contribution in [0.5, 0.6) is 5.75 Å². The van der Waals surface area contributed by atoms with Gasteiger partial charge in [-0.1, -0.05) is 18.2 Å². The van der Waals surface area contributed by atoms with E-state index >= 15 is 0 Å². The van der Waals surface area contributed by atoms with Crippen LogP contribution >= 0.6 is 0 Å². The minimum Gasteiger partial charge on any atom is -0.410 e. The number of carbonyl (C=O) groups is 2. The Bertz CT molecular complexity index is 982. The van der Waals surface area contributed by atoms with E-state index in [-0.39, 0.29) is 12.0 Å². The minimum atomic E-state index is -0.368. The van der Waals surface area contributed by atoms with Crippen molar-refractivity contribution in [2.45, 2.75) is 12.8 Å². The average molecular weight is 420 g/mol. The summed E-state index contributed by atoms with van der Waals surface area (Å²) in [6.45, 7) is 1.81. The van der Waals surface area contributed by atoms with Crippen molar-refractivity contribution in [3.63, 3.8) is 0 Å². The number of nitrogens with zero attached hydrogens (tertiary/aromatic N) is 3. The quantitative estimate of drug-likeness (QED) is 0.660. The van der Waals surface area contributed by atoms with Crippen molar-refractivity contribution in [3.8, 4) is 5.75 Å². The van der Waals surface area contributed by atoms with Crippen molar-refractivity contribution in [2.75, 3.05) is 25.0 Å². The lowest BCUT2D eigenvalue weighted by molar-refractivity contribution is 0.0366. The van der Waals surface area contributed by atoms with Crippen LogP contribution in [-0.4, -0.2) is 46.5 Å². The standard InChI is InChI=1S/C23H24N4O4/c28-22(19-5-2-1-3-6-19)25-20-7-9-21(10-8-20)31-23(29)26-15-11-18(12-16-26)17-30-27-14-4-13-24-27/h1-10,13-14,18H,11-12,15-17H2,(H,25,28). The van der Waals surface area contributed by atoms with Gasteiger partial charge in [-0.2, -0.15) is 0 Å². The van der Waals surface area contributed by atoms with Crippen LogP contribution in [0.2, 0.25) is 0 Å². The van der Waals surface area contributed by atoms with Gasteiger partial charge in [0.05, 0.1) is 12.4 Å². The molecule has 1 saturated heterocycles. The Morgan fingerprint density at radius 3 is 2.42 bits per heavy atom. The van der Waals surface area contributed by atoms with E-state index in [2.05, 4.69) is 10.4 Å². The van der Waals surface area contributed by atoms with Crippen molar-refractivity contribution >= 4 is 17.7 Å². The maximum absolute atomic E-state index is 12.5. The van der Waals surface area contributed by atoms with Crippen LogP contribution in [0.1, 0.15) is 23.2 Å². The number of carbonyl (C=O) groups excluding carboxylic acids is 2. The molecule has 1 aromatic heterocycles. The average Bonchev–Trinajstić information content (AvgIpc) is 3.33. The molecule has 31 heavy (non-hydrogen) atoms. The number of hydrogen-bond donors (Lipinski definition) is 1. The zero-order chi connectivity index (χ0) is 21.5. The lowest BCUT2D eigenvalue weighted by Gasteiger charge is -2.30. The van der Waals surface area contributed by atoms with Crippen molar-refractivity contribution in [3.05, 3.63) is 78.6 Å². The van der Waals surface area contributed by atoms with Crippen LogP contribution in [0, 0.1) is 5.92 Å². The van der Waals surface area contributed by atoms with E-state index in [1.807, 2.05) is 24.3 Å². The highest BCUT2D eigenvalue weighted by Crippen LogP contribution is 2.20. The molecule has 2 aromatic carbocycles. The van der Waals surface area contributed by atoms with E-state index in [9.17, 15) is 9.59 Å². The topological polar surface area (TPSA) is 85.7 Å². The molecule has 1 aliphatic heterocycles. The first kappa shape index (κ1) is 20.5. The molecule has 0 atom stereocenters. The zero-order valence-corrected chi connectivity index (χ0v) is 17.0. The first-order valence-electron chi connectivity index (χ1n) is 10.2. The van der Waals surface area contributed by atoms with Gasteiger partial charge in [-0.15, -0.1) is 9.94 Å². The first-order valence-corrected chi connectivity index (χ1v) is 10.2. The van der Waals surface area contributed by atoms with Crippen LogP contribution < -0.4 is 14.9 Å². The molecule has 1 N–H and O–H groups in total. The number of nitrogens with one attached hydrogen (secondary N) is 1. The Hall–Kier alpha value is -3.81. The summed E-state index contributed by atoms with van der Waals surface area (Å²) in [7, 11) is 0. The lowest BCUT2D eigenvalue weighted by atomic mass is 9.98. The summed E-state index contributed by atoms with van der Waals surface area (Å²) in [6, 6.07) is 17.5. The second-order valence-electron chi connectivity index (χ2n) is 7.35. The van der Waals surface area contributed by atoms with Crippen LogP contribution in [0.15, 0.2) is 73.1 Å². The molecule has 1 fully saturated rings. The fourth-order valence-corrected chi connectivity index (χ4v) is 3.36. The fourth-order valence-electron chi connectivity index (χ4n) is 3.36. The summed E-state index contributed by atoms with van der Waals surface area (Å²) in [5.41, 5.74) is 1.21. The molecular weight excluding hydrogens is 396 g/mol. The first-order chi connectivity index (χ1) is 15.2. The maximum atomic E-state index is 12.5. The summed E-state index contributed by atoms with van der Waals surface area (Å²) in [4.78, 5) is 33.4. The minimum absolute atomic E-state index is 0.190. The number of ether oxygens (including phenoxy) is 1. The Morgan fingerprint density at radius 2 is 1.74 bits per heavy atom. The molecule has 2 heterocycles. The number of rotatable bonds is 6. The third-order valence-corrected chi connectivity index (χ3v) is 5.15. The molecule has 2 amide bonds. The summed E-state index contributed by atoms with van der Waals surface area (Å²) < 4.78 is 5.48. The number of likely N-dealkylation sites (tertiary alicyclic amines) is 1. The summed E-state index contributed by atoms with van der Waals surface area (Å²) in [5, 5.41) is 6.84. The van der Waals surface area contributed by atoms with Gasteiger partial charge in [-0.05, 0) is 61.2 Å². The lowest BCUT2D eigenvalue weighted by Crippen LogP contribution is -2.41. The van der Waals surface area contributed by atoms with Crippen LogP contribution in [-0.2, 0) is 0 Å². The van der Waals surface area contributed by atoms with Gasteiger partial charge in [-0.3, -0.25) is 4.79 Å². The normalized spacial score (nSPS) is 14.1. The zero-order valence-electron chi connectivity index (χ0n) is 17.0. The number of aromatic nitrogens is 2. The Balaban J connectivity index is 1.22. The van der Waals surface area contributed by atoms with E-state index in [1.165, 1.54) is 4.85 Å². The van der Waals surface area contributed by atoms with E-state index in [4.69, 9.17) is 9.57 Å². The van der Waals surface area contributed by atoms with Gasteiger partial charge in [0.2, 0.25) is 0 Å². The summed E-state index contributed by atoms with van der Waals surface area (Å²) >= 11 is 0. The van der Waals surface area contributed by atoms with Crippen molar-refractivity contribution in [1.29, 1.82) is 0 Å². The van der Waals surface area contributed by atoms with Gasteiger partial charge in [-0.25, -0.2) is 4.79 Å². The monoisotopic (exact) mass is 420 g/mol.